The van der Waals surface area contributed by atoms with Crippen LogP contribution in [0.1, 0.15) is 70.8 Å². The largest absolute Gasteiger partial charge is 0.573 e. The molecule has 0 radical (unpaired) electrons. The van der Waals surface area contributed by atoms with E-state index >= 15 is 0 Å². The van der Waals surface area contributed by atoms with E-state index < -0.39 is 17.9 Å². The molecule has 2 aromatic carbocycles. The summed E-state index contributed by atoms with van der Waals surface area (Å²) in [7, 11) is 1.46. The van der Waals surface area contributed by atoms with E-state index in [2.05, 4.69) is 27.2 Å². The number of ether oxygens (including phenoxy) is 1. The van der Waals surface area contributed by atoms with Crippen LogP contribution in [0, 0.1) is 5.92 Å². The monoisotopic (exact) mass is 609 g/mol. The first kappa shape index (κ1) is 32.8. The molecule has 4 rings (SSSR count). The number of allylic oxidation sites excluding steroid dienone is 1. The highest BCUT2D eigenvalue weighted by Gasteiger charge is 2.32. The second-order valence-electron chi connectivity index (χ2n) is 9.75. The van der Waals surface area contributed by atoms with Crippen LogP contribution in [0.25, 0.3) is 17.0 Å². The van der Waals surface area contributed by atoms with E-state index in [1.807, 2.05) is 0 Å². The summed E-state index contributed by atoms with van der Waals surface area (Å²) >= 11 is 6.07. The van der Waals surface area contributed by atoms with Crippen LogP contribution >= 0.6 is 11.6 Å². The van der Waals surface area contributed by atoms with Gasteiger partial charge in [-0.25, -0.2) is 4.39 Å². The SMILES string of the molecule is CCCC(CO)Cc1[nH]nc2c1CCC=C2F.CNC(=O)c1ccc(-c2ccc(OC(F)(F)F)c(C(C)=O)c2)cc1Cl. The van der Waals surface area contributed by atoms with Gasteiger partial charge < -0.3 is 15.2 Å². The van der Waals surface area contributed by atoms with E-state index in [-0.39, 0.29) is 40.4 Å². The first-order valence-corrected chi connectivity index (χ1v) is 13.7. The minimum atomic E-state index is -4.90. The predicted octanol–water partition coefficient (Wildman–Crippen LogP) is 7.09. The number of hydrogen-bond acceptors (Lipinski definition) is 5. The summed E-state index contributed by atoms with van der Waals surface area (Å²) in [5, 5.41) is 18.9. The van der Waals surface area contributed by atoms with Crippen molar-refractivity contribution >= 4 is 29.1 Å². The van der Waals surface area contributed by atoms with Gasteiger partial charge in [0.2, 0.25) is 0 Å². The number of aliphatic hydroxyl groups is 1. The molecule has 1 heterocycles. The van der Waals surface area contributed by atoms with E-state index in [1.54, 1.807) is 12.1 Å². The fraction of sp³-hybridized carbons (Fsp3) is 0.367. The predicted molar refractivity (Wildman–Crippen MR) is 152 cm³/mol. The Morgan fingerprint density at radius 2 is 1.86 bits per heavy atom. The van der Waals surface area contributed by atoms with E-state index in [4.69, 9.17) is 11.6 Å². The average Bonchev–Trinajstić information content (AvgIpc) is 3.35. The standard InChI is InChI=1S/C17H13ClF3NO3.C13H19FN2O/c1-9(23)13-7-10(4-6-15(13)25-17(19,20)21)11-3-5-12(14(18)8-11)16(24)22-2;1-2-4-9(8-17)7-12-10-5-3-6-11(14)13(10)16-15-12/h3-8H,1-2H3,(H,22,24);6,9,17H,2-5,7-8H2,1H3,(H,15,16). The zero-order valence-corrected chi connectivity index (χ0v) is 24.1. The highest BCUT2D eigenvalue weighted by atomic mass is 35.5. The zero-order chi connectivity index (χ0) is 31.0. The molecule has 1 amide bonds. The van der Waals surface area contributed by atoms with Gasteiger partial charge in [0.25, 0.3) is 5.91 Å². The molecule has 0 spiro atoms. The quantitative estimate of drug-likeness (QED) is 0.178. The highest BCUT2D eigenvalue weighted by molar-refractivity contribution is 6.34. The van der Waals surface area contributed by atoms with Crippen LogP contribution in [-0.4, -0.2) is 47.0 Å². The number of aromatic nitrogens is 2. The average molecular weight is 610 g/mol. The minimum absolute atomic E-state index is 0.178. The number of fused-ring (bicyclic) bond motifs is 1. The topological polar surface area (TPSA) is 104 Å². The van der Waals surface area contributed by atoms with Crippen molar-refractivity contribution in [1.82, 2.24) is 15.5 Å². The third-order valence-corrected chi connectivity index (χ3v) is 7.02. The lowest BCUT2D eigenvalue weighted by Crippen LogP contribution is -2.18. The van der Waals surface area contributed by atoms with Crippen molar-refractivity contribution in [3.05, 3.63) is 75.6 Å². The van der Waals surface area contributed by atoms with Crippen molar-refractivity contribution in [1.29, 1.82) is 0 Å². The van der Waals surface area contributed by atoms with Gasteiger partial charge in [-0.1, -0.05) is 37.1 Å². The summed E-state index contributed by atoms with van der Waals surface area (Å²) in [4.78, 5) is 23.3. The van der Waals surface area contributed by atoms with E-state index in [0.717, 1.165) is 56.4 Å². The summed E-state index contributed by atoms with van der Waals surface area (Å²) in [5.74, 6) is -1.48. The third kappa shape index (κ3) is 8.42. The van der Waals surface area contributed by atoms with Crippen molar-refractivity contribution in [2.45, 2.75) is 52.3 Å². The number of nitrogens with one attached hydrogen (secondary N) is 2. The molecule has 1 aliphatic carbocycles. The fourth-order valence-corrected chi connectivity index (χ4v) is 4.91. The molecule has 0 saturated heterocycles. The van der Waals surface area contributed by atoms with Crippen LogP contribution in [0.2, 0.25) is 5.02 Å². The Morgan fingerprint density at radius 3 is 2.45 bits per heavy atom. The van der Waals surface area contributed by atoms with Crippen LogP contribution in [-0.2, 0) is 12.8 Å². The van der Waals surface area contributed by atoms with Crippen molar-refractivity contribution in [2.75, 3.05) is 13.7 Å². The number of amides is 1. The number of rotatable bonds is 9. The number of Topliss-reactive ketones (excluding diaryl/α,β-unsaturated/α-hetero) is 1. The molecule has 0 aliphatic heterocycles. The lowest BCUT2D eigenvalue weighted by atomic mass is 9.93. The van der Waals surface area contributed by atoms with Crippen LogP contribution in [0.4, 0.5) is 17.6 Å². The number of H-pyrrole nitrogens is 1. The van der Waals surface area contributed by atoms with Gasteiger partial charge in [0.1, 0.15) is 17.3 Å². The number of alkyl halides is 3. The van der Waals surface area contributed by atoms with Crippen molar-refractivity contribution in [3.8, 4) is 16.9 Å². The molecule has 7 nitrogen and oxygen atoms in total. The molecule has 1 atom stereocenters. The van der Waals surface area contributed by atoms with E-state index in [0.29, 0.717) is 16.8 Å². The summed E-state index contributed by atoms with van der Waals surface area (Å²) in [5.41, 5.74) is 3.52. The van der Waals surface area contributed by atoms with Crippen LogP contribution in [0.3, 0.4) is 0 Å². The number of carbonyl (C=O) groups is 2. The first-order chi connectivity index (χ1) is 19.9. The second-order valence-corrected chi connectivity index (χ2v) is 10.2. The maximum absolute atomic E-state index is 13.5. The van der Waals surface area contributed by atoms with Gasteiger partial charge in [-0.05, 0) is 80.0 Å². The van der Waals surface area contributed by atoms with Crippen LogP contribution < -0.4 is 10.1 Å². The lowest BCUT2D eigenvalue weighted by molar-refractivity contribution is -0.274. The van der Waals surface area contributed by atoms with Crippen LogP contribution in [0.5, 0.6) is 5.75 Å². The smallest absolute Gasteiger partial charge is 0.405 e. The fourth-order valence-electron chi connectivity index (χ4n) is 4.64. The zero-order valence-electron chi connectivity index (χ0n) is 23.4. The maximum atomic E-state index is 13.5. The van der Waals surface area contributed by atoms with Gasteiger partial charge in [-0.3, -0.25) is 14.7 Å². The van der Waals surface area contributed by atoms with Gasteiger partial charge in [0.05, 0.1) is 16.1 Å². The summed E-state index contributed by atoms with van der Waals surface area (Å²) in [6.45, 7) is 3.43. The molecule has 1 aromatic heterocycles. The highest BCUT2D eigenvalue weighted by Crippen LogP contribution is 2.33. The molecule has 42 heavy (non-hydrogen) atoms. The molecule has 3 N–H and O–H groups in total. The first-order valence-electron chi connectivity index (χ1n) is 13.3. The number of halogens is 5. The molecule has 12 heteroatoms. The van der Waals surface area contributed by atoms with Gasteiger partial charge in [-0.15, -0.1) is 13.2 Å². The molecule has 0 saturated carbocycles. The number of ketones is 1. The van der Waals surface area contributed by atoms with Gasteiger partial charge >= 0.3 is 6.36 Å². The van der Waals surface area contributed by atoms with E-state index in [1.165, 1.54) is 31.3 Å². The number of nitrogens with zero attached hydrogens (tertiary/aromatic N) is 1. The Balaban J connectivity index is 0.000000247. The molecule has 226 valence electrons. The Kier molecular flexibility index (Phi) is 11.3. The van der Waals surface area contributed by atoms with Gasteiger partial charge in [-0.2, -0.15) is 5.10 Å². The summed E-state index contributed by atoms with van der Waals surface area (Å²) in [6, 6.07) is 8.30. The molecule has 3 aromatic rings. The summed E-state index contributed by atoms with van der Waals surface area (Å²) < 4.78 is 54.6. The number of aromatic amines is 1. The lowest BCUT2D eigenvalue weighted by Gasteiger charge is -2.14. The molecule has 0 bridgehead atoms. The second kappa shape index (κ2) is 14.5. The minimum Gasteiger partial charge on any atom is -0.405 e. The number of carbonyl (C=O) groups excluding carboxylic acids is 2. The molecule has 0 fully saturated rings. The third-order valence-electron chi connectivity index (χ3n) is 6.70. The number of hydrogen-bond donors (Lipinski definition) is 3. The van der Waals surface area contributed by atoms with E-state index in [9.17, 15) is 32.3 Å². The Labute approximate surface area is 245 Å². The normalized spacial score (nSPS) is 13.3. The molecule has 1 unspecified atom stereocenters. The van der Waals surface area contributed by atoms with Crippen molar-refractivity contribution in [3.63, 3.8) is 0 Å². The molecule has 1 aliphatic rings. The number of benzene rings is 2. The summed E-state index contributed by atoms with van der Waals surface area (Å²) in [6.07, 6.45) is 1.08. The van der Waals surface area contributed by atoms with Crippen LogP contribution in [0.15, 0.2) is 42.5 Å². The van der Waals surface area contributed by atoms with Gasteiger partial charge in [0, 0.05) is 24.9 Å². The maximum Gasteiger partial charge on any atom is 0.573 e. The molecular weight excluding hydrogens is 578 g/mol. The molecular formula is C30H32ClF4N3O4. The van der Waals surface area contributed by atoms with Crippen molar-refractivity contribution in [2.24, 2.45) is 5.92 Å². The Hall–Kier alpha value is -3.70. The number of aliphatic hydroxyl groups excluding tert-OH is 1. The Morgan fingerprint density at radius 1 is 1.17 bits per heavy atom. The van der Waals surface area contributed by atoms with Crippen molar-refractivity contribution < 1.29 is 37.0 Å². The Bertz CT molecular complexity index is 1450. The van der Waals surface area contributed by atoms with Gasteiger partial charge in [0.15, 0.2) is 5.78 Å².